The van der Waals surface area contributed by atoms with Gasteiger partial charge in [0.05, 0.1) is 0 Å². The molecule has 0 aliphatic carbocycles. The lowest BCUT2D eigenvalue weighted by atomic mass is 10.6. The van der Waals surface area contributed by atoms with Crippen LogP contribution in [0.4, 0.5) is 5.82 Å². The monoisotopic (exact) mass is 340 g/mol. The number of sulfonamides is 1. The van der Waals surface area contributed by atoms with Crippen molar-refractivity contribution in [3.05, 3.63) is 31.9 Å². The first-order chi connectivity index (χ1) is 8.78. The van der Waals surface area contributed by atoms with Crippen LogP contribution in [-0.2, 0) is 10.0 Å². The molecular weight excluding hydrogens is 335 g/mol. The van der Waals surface area contributed by atoms with E-state index in [1.165, 1.54) is 13.0 Å². The summed E-state index contributed by atoms with van der Waals surface area (Å²) in [5.41, 5.74) is 0.244. The van der Waals surface area contributed by atoms with Crippen molar-refractivity contribution in [2.75, 3.05) is 4.72 Å². The lowest BCUT2D eigenvalue weighted by molar-refractivity contribution is 0.602. The molecule has 7 nitrogen and oxygen atoms in total. The summed E-state index contributed by atoms with van der Waals surface area (Å²) < 4.78 is 26.2. The van der Waals surface area contributed by atoms with Crippen LogP contribution < -0.4 is 9.60 Å². The van der Waals surface area contributed by atoms with Crippen LogP contribution in [0.1, 0.15) is 5.69 Å². The van der Waals surface area contributed by atoms with Crippen LogP contribution in [0.2, 0.25) is 10.4 Å². The lowest BCUT2D eigenvalue weighted by Crippen LogP contribution is -2.14. The van der Waals surface area contributed by atoms with Crippen molar-refractivity contribution in [2.45, 2.75) is 11.1 Å². The quantitative estimate of drug-likeness (QED) is 0.652. The Bertz CT molecular complexity index is 763. The van der Waals surface area contributed by atoms with E-state index in [9.17, 15) is 13.2 Å². The predicted octanol–water partition coefficient (Wildman–Crippen LogP) is 1.64. The fourth-order valence-corrected chi connectivity index (χ4v) is 3.98. The first kappa shape index (κ1) is 14.3. The van der Waals surface area contributed by atoms with E-state index in [1.807, 2.05) is 0 Å². The summed E-state index contributed by atoms with van der Waals surface area (Å²) in [6.45, 7) is 1.48. The molecule has 0 fully saturated rings. The first-order valence-electron chi connectivity index (χ1n) is 4.70. The number of rotatable bonds is 3. The van der Waals surface area contributed by atoms with Gasteiger partial charge in [-0.05, 0) is 18.5 Å². The van der Waals surface area contributed by atoms with Gasteiger partial charge in [0.25, 0.3) is 10.0 Å². The fraction of sp³-hybridized carbons (Fsp3) is 0.125. The Balaban J connectivity index is 2.42. The molecule has 2 aromatic heterocycles. The minimum absolute atomic E-state index is 0.00308. The highest BCUT2D eigenvalue weighted by Gasteiger charge is 2.21. The average Bonchev–Trinajstić information content (AvgIpc) is 2.56. The van der Waals surface area contributed by atoms with E-state index < -0.39 is 14.9 Å². The number of nitrogens with one attached hydrogen (secondary N) is 2. The first-order valence-corrected chi connectivity index (χ1v) is 7.76. The van der Waals surface area contributed by atoms with Crippen LogP contribution in [0, 0.1) is 6.92 Å². The summed E-state index contributed by atoms with van der Waals surface area (Å²) in [4.78, 5) is 20.3. The molecule has 2 N–H and O–H groups in total. The van der Waals surface area contributed by atoms with Gasteiger partial charge in [0.2, 0.25) is 5.28 Å². The Morgan fingerprint density at radius 1 is 1.37 bits per heavy atom. The van der Waals surface area contributed by atoms with Gasteiger partial charge in [-0.25, -0.2) is 13.4 Å². The average molecular weight is 341 g/mol. The van der Waals surface area contributed by atoms with Crippen LogP contribution in [0.5, 0.6) is 0 Å². The number of aromatic nitrogens is 3. The van der Waals surface area contributed by atoms with E-state index in [4.69, 9.17) is 23.2 Å². The highest BCUT2D eigenvalue weighted by atomic mass is 35.5. The van der Waals surface area contributed by atoms with Crippen molar-refractivity contribution in [2.24, 2.45) is 0 Å². The summed E-state index contributed by atoms with van der Waals surface area (Å²) >= 11 is 11.8. The molecule has 0 saturated carbocycles. The Labute approximate surface area is 121 Å². The van der Waals surface area contributed by atoms with Crippen LogP contribution in [0.3, 0.4) is 0 Å². The number of thiazole rings is 1. The molecule has 102 valence electrons. The second-order valence-electron chi connectivity index (χ2n) is 3.38. The second-order valence-corrected chi connectivity index (χ2v) is 6.96. The van der Waals surface area contributed by atoms with Crippen molar-refractivity contribution >= 4 is 50.4 Å². The third-order valence-electron chi connectivity index (χ3n) is 1.93. The smallest absolute Gasteiger partial charge is 0.306 e. The van der Waals surface area contributed by atoms with Gasteiger partial charge in [-0.3, -0.25) is 9.52 Å². The molecule has 19 heavy (non-hydrogen) atoms. The molecule has 2 heterocycles. The minimum Gasteiger partial charge on any atom is -0.315 e. The zero-order valence-electron chi connectivity index (χ0n) is 9.27. The zero-order chi connectivity index (χ0) is 14.2. The SMILES string of the molecule is Cc1[nH]c(=O)sc1S(=O)(=O)Nc1cc(Cl)nc(Cl)n1. The molecular formula is C8H6Cl2N4O3S2. The molecule has 0 saturated heterocycles. The molecule has 0 unspecified atom stereocenters. The Kier molecular flexibility index (Phi) is 3.81. The number of nitrogens with zero attached hydrogens (tertiary/aromatic N) is 2. The maximum absolute atomic E-state index is 12.1. The molecule has 0 radical (unpaired) electrons. The van der Waals surface area contributed by atoms with Crippen LogP contribution in [0.25, 0.3) is 0 Å². The topological polar surface area (TPSA) is 105 Å². The number of hydrogen-bond acceptors (Lipinski definition) is 6. The van der Waals surface area contributed by atoms with Gasteiger partial charge in [-0.15, -0.1) is 0 Å². The maximum atomic E-state index is 12.1. The molecule has 0 aliphatic rings. The zero-order valence-corrected chi connectivity index (χ0v) is 12.4. The molecule has 0 amide bonds. The molecule has 0 atom stereocenters. The number of H-pyrrole nitrogens is 1. The Hall–Kier alpha value is -1.16. The number of halogens is 2. The number of hydrogen-bond donors (Lipinski definition) is 2. The van der Waals surface area contributed by atoms with E-state index in [2.05, 4.69) is 19.7 Å². The van der Waals surface area contributed by atoms with Gasteiger partial charge in [0.1, 0.15) is 11.0 Å². The number of aromatic amines is 1. The van der Waals surface area contributed by atoms with Gasteiger partial charge in [0.15, 0.2) is 4.21 Å². The van der Waals surface area contributed by atoms with Crippen molar-refractivity contribution in [1.29, 1.82) is 0 Å². The fourth-order valence-electron chi connectivity index (χ4n) is 1.27. The number of anilines is 1. The van der Waals surface area contributed by atoms with Crippen molar-refractivity contribution in [3.63, 3.8) is 0 Å². The summed E-state index contributed by atoms with van der Waals surface area (Å²) in [7, 11) is -3.93. The summed E-state index contributed by atoms with van der Waals surface area (Å²) in [5, 5.41) is -0.194. The molecule has 0 aromatic carbocycles. The van der Waals surface area contributed by atoms with E-state index >= 15 is 0 Å². The van der Waals surface area contributed by atoms with Crippen molar-refractivity contribution in [1.82, 2.24) is 15.0 Å². The summed E-state index contributed by atoms with van der Waals surface area (Å²) in [5.74, 6) is -0.0785. The normalized spacial score (nSPS) is 11.5. The molecule has 0 aliphatic heterocycles. The maximum Gasteiger partial charge on any atom is 0.306 e. The standard InChI is InChI=1S/C8H6Cl2N4O3S2/c1-3-6(18-8(15)11-3)19(16,17)14-5-2-4(9)12-7(10)13-5/h2H,1H3,(H,11,15)(H,12,13,14). The largest absolute Gasteiger partial charge is 0.315 e. The van der Waals surface area contributed by atoms with E-state index in [0.29, 0.717) is 11.3 Å². The summed E-state index contributed by atoms with van der Waals surface area (Å²) in [6, 6.07) is 1.20. The van der Waals surface area contributed by atoms with Gasteiger partial charge in [-0.2, -0.15) is 4.98 Å². The Morgan fingerprint density at radius 2 is 2.05 bits per heavy atom. The van der Waals surface area contributed by atoms with Gasteiger partial charge in [-0.1, -0.05) is 22.9 Å². The van der Waals surface area contributed by atoms with E-state index in [0.717, 1.165) is 0 Å². The summed E-state index contributed by atoms with van der Waals surface area (Å²) in [6.07, 6.45) is 0. The Morgan fingerprint density at radius 3 is 2.58 bits per heavy atom. The van der Waals surface area contributed by atoms with Crippen LogP contribution in [-0.4, -0.2) is 23.4 Å². The minimum atomic E-state index is -3.93. The molecule has 11 heteroatoms. The third-order valence-corrected chi connectivity index (χ3v) is 5.25. The van der Waals surface area contributed by atoms with Gasteiger partial charge >= 0.3 is 4.87 Å². The van der Waals surface area contributed by atoms with Crippen molar-refractivity contribution < 1.29 is 8.42 Å². The van der Waals surface area contributed by atoms with Gasteiger partial charge < -0.3 is 4.98 Å². The highest BCUT2D eigenvalue weighted by Crippen LogP contribution is 2.21. The third kappa shape index (κ3) is 3.24. The molecule has 2 aromatic rings. The lowest BCUT2D eigenvalue weighted by Gasteiger charge is -2.06. The number of aryl methyl sites for hydroxylation is 1. The highest BCUT2D eigenvalue weighted by molar-refractivity contribution is 7.94. The second kappa shape index (κ2) is 5.08. The van der Waals surface area contributed by atoms with Gasteiger partial charge in [0, 0.05) is 11.8 Å². The van der Waals surface area contributed by atoms with Crippen LogP contribution in [0.15, 0.2) is 15.1 Å². The van der Waals surface area contributed by atoms with Crippen molar-refractivity contribution in [3.8, 4) is 0 Å². The van der Waals surface area contributed by atoms with Crippen LogP contribution >= 0.6 is 34.5 Å². The molecule has 0 bridgehead atoms. The molecule has 2 rings (SSSR count). The molecule has 0 spiro atoms. The van der Waals surface area contributed by atoms with E-state index in [1.54, 1.807) is 0 Å². The van der Waals surface area contributed by atoms with E-state index in [-0.39, 0.29) is 26.2 Å². The predicted molar refractivity (Wildman–Crippen MR) is 72.5 cm³/mol.